The van der Waals surface area contributed by atoms with E-state index in [1.165, 1.54) is 31.0 Å². The minimum atomic E-state index is -0.600. The van der Waals surface area contributed by atoms with Crippen molar-refractivity contribution in [2.24, 2.45) is 0 Å². The molecule has 0 aliphatic carbocycles. The topological polar surface area (TPSA) is 113 Å². The minimum Gasteiger partial charge on any atom is -0.453 e. The summed E-state index contributed by atoms with van der Waals surface area (Å²) in [5.41, 5.74) is 3.61. The molecule has 0 bridgehead atoms. The van der Waals surface area contributed by atoms with Gasteiger partial charge in [0.05, 0.1) is 18.1 Å². The van der Waals surface area contributed by atoms with Crippen LogP contribution in [0.25, 0.3) is 27.9 Å². The van der Waals surface area contributed by atoms with E-state index < -0.39 is 6.09 Å². The molecule has 0 aliphatic heterocycles. The molecule has 1 amide bonds. The van der Waals surface area contributed by atoms with E-state index in [1.54, 1.807) is 16.6 Å². The molecule has 0 aliphatic rings. The molecule has 0 atom stereocenters. The van der Waals surface area contributed by atoms with Gasteiger partial charge in [-0.2, -0.15) is 0 Å². The lowest BCUT2D eigenvalue weighted by Gasteiger charge is -2.00. The smallest absolute Gasteiger partial charge is 0.413 e. The summed E-state index contributed by atoms with van der Waals surface area (Å²) in [6.45, 7) is 0. The Morgan fingerprint density at radius 1 is 1.16 bits per heavy atom. The predicted molar refractivity (Wildman–Crippen MR) is 111 cm³/mol. The Balaban J connectivity index is 1.45. The third kappa shape index (κ3) is 3.78. The van der Waals surface area contributed by atoms with Crippen LogP contribution < -0.4 is 9.83 Å². The molecule has 0 saturated heterocycles. The lowest BCUT2D eigenvalue weighted by molar-refractivity contribution is -0.620. The number of ether oxygens (including phenoxy) is 1. The van der Waals surface area contributed by atoms with Crippen molar-refractivity contribution in [1.29, 1.82) is 0 Å². The molecule has 0 spiro atoms. The van der Waals surface area contributed by atoms with Crippen molar-refractivity contribution in [3.8, 4) is 11.3 Å². The van der Waals surface area contributed by atoms with Crippen molar-refractivity contribution in [2.45, 2.75) is 10.1 Å². The summed E-state index contributed by atoms with van der Waals surface area (Å²) in [5, 5.41) is 15.1. The van der Waals surface area contributed by atoms with Crippen molar-refractivity contribution < 1.29 is 18.4 Å². The molecule has 9 nitrogen and oxygen atoms in total. The van der Waals surface area contributed by atoms with Crippen LogP contribution in [0, 0.1) is 5.82 Å². The molecule has 2 aromatic carbocycles. The van der Waals surface area contributed by atoms with E-state index in [9.17, 15) is 9.18 Å². The van der Waals surface area contributed by atoms with Crippen LogP contribution in [-0.4, -0.2) is 38.5 Å². The van der Waals surface area contributed by atoms with Gasteiger partial charge < -0.3 is 9.72 Å². The van der Waals surface area contributed by atoms with Crippen molar-refractivity contribution in [3.05, 3.63) is 60.4 Å². The number of aromatic nitrogens is 6. The van der Waals surface area contributed by atoms with Gasteiger partial charge in [-0.1, -0.05) is 4.52 Å². The fourth-order valence-electron chi connectivity index (χ4n) is 3.01. The number of anilines is 1. The van der Waals surface area contributed by atoms with E-state index in [0.717, 1.165) is 16.0 Å². The third-order valence-corrected chi connectivity index (χ3v) is 5.43. The largest absolute Gasteiger partial charge is 0.453 e. The predicted octanol–water partition coefficient (Wildman–Crippen LogP) is 3.56. The Morgan fingerprint density at radius 2 is 2.00 bits per heavy atom. The zero-order valence-electron chi connectivity index (χ0n) is 16.1. The van der Waals surface area contributed by atoms with Gasteiger partial charge in [0.15, 0.2) is 0 Å². The SMILES string of the molecule is COC(=O)Nc1nc2ccc(Sc3[nH]nc4ccc(-c5ccc(F)cc5)n[n+]34)cc2[nH]1. The number of benzene rings is 2. The summed E-state index contributed by atoms with van der Waals surface area (Å²) < 4.78 is 19.5. The Morgan fingerprint density at radius 3 is 2.81 bits per heavy atom. The van der Waals surface area contributed by atoms with Gasteiger partial charge in [-0.05, 0) is 60.3 Å². The zero-order chi connectivity index (χ0) is 21.4. The summed E-state index contributed by atoms with van der Waals surface area (Å²) in [6, 6.07) is 15.5. The second-order valence-electron chi connectivity index (χ2n) is 6.51. The Bertz CT molecular complexity index is 1410. The number of nitrogens with zero attached hydrogens (tertiary/aromatic N) is 4. The highest BCUT2D eigenvalue weighted by molar-refractivity contribution is 7.99. The molecule has 0 fully saturated rings. The molecular formula is C20H15FN7O2S+. The van der Waals surface area contributed by atoms with Crippen molar-refractivity contribution in [1.82, 2.24) is 25.3 Å². The van der Waals surface area contributed by atoms with Crippen LogP contribution in [0.5, 0.6) is 0 Å². The molecule has 11 heteroatoms. The molecule has 3 aromatic heterocycles. The van der Waals surface area contributed by atoms with Crippen molar-refractivity contribution >= 4 is 40.5 Å². The van der Waals surface area contributed by atoms with E-state index >= 15 is 0 Å². The average Bonchev–Trinajstić information content (AvgIpc) is 3.37. The number of fused-ring (bicyclic) bond motifs is 2. The van der Waals surface area contributed by atoms with E-state index in [1.807, 2.05) is 30.3 Å². The number of rotatable bonds is 4. The number of nitrogens with one attached hydrogen (secondary N) is 3. The molecular weight excluding hydrogens is 421 g/mol. The van der Waals surface area contributed by atoms with Crippen LogP contribution >= 0.6 is 11.8 Å². The number of aromatic amines is 2. The molecule has 0 unspecified atom stereocenters. The number of amides is 1. The quantitative estimate of drug-likeness (QED) is 0.372. The number of hydrogen-bond donors (Lipinski definition) is 3. The van der Waals surface area contributed by atoms with Gasteiger partial charge in [0, 0.05) is 21.6 Å². The highest BCUT2D eigenvalue weighted by Gasteiger charge is 2.18. The summed E-state index contributed by atoms with van der Waals surface area (Å²) in [5.74, 6) is 0.00662. The summed E-state index contributed by atoms with van der Waals surface area (Å²) in [4.78, 5) is 19.6. The van der Waals surface area contributed by atoms with E-state index in [2.05, 4.69) is 35.3 Å². The Labute approximate surface area is 178 Å². The van der Waals surface area contributed by atoms with Gasteiger partial charge in [0.2, 0.25) is 5.95 Å². The molecule has 31 heavy (non-hydrogen) atoms. The lowest BCUT2D eigenvalue weighted by Crippen LogP contribution is -2.27. The standard InChI is InChI=1S/C20H14FN7O2S/c1-30-20(29)24-18-22-15-7-6-13(10-16(15)23-18)31-19-26-25-17-9-8-14(27-28(17)19)11-2-4-12(21)5-3-11/h2-10H,1H3,(H2,22,23,24,25,27,29)/p+1. The molecule has 3 N–H and O–H groups in total. The monoisotopic (exact) mass is 436 g/mol. The lowest BCUT2D eigenvalue weighted by atomic mass is 10.1. The van der Waals surface area contributed by atoms with Crippen LogP contribution in [-0.2, 0) is 4.74 Å². The maximum absolute atomic E-state index is 13.2. The highest BCUT2D eigenvalue weighted by Crippen LogP contribution is 2.27. The molecule has 3 heterocycles. The summed E-state index contributed by atoms with van der Waals surface area (Å²) in [7, 11) is 1.29. The maximum Gasteiger partial charge on any atom is 0.413 e. The maximum atomic E-state index is 13.2. The third-order valence-electron chi connectivity index (χ3n) is 4.49. The first-order valence-electron chi connectivity index (χ1n) is 9.15. The van der Waals surface area contributed by atoms with Gasteiger partial charge in [0.25, 0.3) is 0 Å². The molecule has 154 valence electrons. The van der Waals surface area contributed by atoms with Gasteiger partial charge in [-0.3, -0.25) is 5.32 Å². The van der Waals surface area contributed by atoms with E-state index in [4.69, 9.17) is 0 Å². The van der Waals surface area contributed by atoms with Crippen LogP contribution in [0.15, 0.2) is 64.6 Å². The first-order valence-corrected chi connectivity index (χ1v) is 9.97. The fourth-order valence-corrected chi connectivity index (χ4v) is 3.86. The van der Waals surface area contributed by atoms with Gasteiger partial charge in [-0.25, -0.2) is 14.2 Å². The summed E-state index contributed by atoms with van der Waals surface area (Å²) in [6.07, 6.45) is -0.600. The first-order chi connectivity index (χ1) is 15.1. The average molecular weight is 436 g/mol. The van der Waals surface area contributed by atoms with Crippen LogP contribution in [0.1, 0.15) is 0 Å². The van der Waals surface area contributed by atoms with Crippen LogP contribution in [0.4, 0.5) is 15.1 Å². The number of carbonyl (C=O) groups is 1. The van der Waals surface area contributed by atoms with Crippen molar-refractivity contribution in [3.63, 3.8) is 0 Å². The molecule has 5 aromatic rings. The second-order valence-corrected chi connectivity index (χ2v) is 7.57. The zero-order valence-corrected chi connectivity index (χ0v) is 16.9. The van der Waals surface area contributed by atoms with Crippen molar-refractivity contribution in [2.75, 3.05) is 12.4 Å². The second kappa shape index (κ2) is 7.69. The Kier molecular flexibility index (Phi) is 4.71. The highest BCUT2D eigenvalue weighted by atomic mass is 32.2. The number of halogens is 1. The van der Waals surface area contributed by atoms with Gasteiger partial charge in [-0.15, -0.1) is 10.2 Å². The van der Waals surface area contributed by atoms with E-state index in [0.29, 0.717) is 28.0 Å². The number of carbonyl (C=O) groups excluding carboxylic acids is 1. The Hall–Kier alpha value is -3.99. The summed E-state index contributed by atoms with van der Waals surface area (Å²) >= 11 is 1.44. The normalized spacial score (nSPS) is 11.2. The fraction of sp³-hybridized carbons (Fsp3) is 0.0500. The molecule has 5 rings (SSSR count). The minimum absolute atomic E-state index is 0.295. The van der Waals surface area contributed by atoms with Gasteiger partial charge >= 0.3 is 16.9 Å². The molecule has 0 radical (unpaired) electrons. The van der Waals surface area contributed by atoms with Crippen LogP contribution in [0.3, 0.4) is 0 Å². The number of hydrogen-bond acceptors (Lipinski definition) is 6. The number of imidazole rings is 1. The van der Waals surface area contributed by atoms with E-state index in [-0.39, 0.29) is 5.82 Å². The number of H-pyrrole nitrogens is 2. The van der Waals surface area contributed by atoms with Crippen LogP contribution in [0.2, 0.25) is 0 Å². The number of methoxy groups -OCH3 is 1. The van der Waals surface area contributed by atoms with Gasteiger partial charge in [0.1, 0.15) is 11.5 Å². The molecule has 0 saturated carbocycles. The first kappa shape index (κ1) is 19.0.